The molecule has 2 aliphatic heterocycles. The van der Waals surface area contributed by atoms with Crippen molar-refractivity contribution in [3.05, 3.63) is 65.4 Å². The van der Waals surface area contributed by atoms with Crippen LogP contribution in [-0.4, -0.2) is 71.6 Å². The minimum Gasteiger partial charge on any atom is -0.490 e. The second-order valence-electron chi connectivity index (χ2n) is 12.6. The van der Waals surface area contributed by atoms with Crippen molar-refractivity contribution in [2.45, 2.75) is 64.5 Å². The first kappa shape index (κ1) is 31.9. The molecule has 6 rings (SSSR count). The van der Waals surface area contributed by atoms with Gasteiger partial charge in [0.25, 0.3) is 5.91 Å². The number of primary amides is 1. The first-order chi connectivity index (χ1) is 20.9. The molecule has 2 aromatic heterocycles. The van der Waals surface area contributed by atoms with Crippen LogP contribution in [0.2, 0.25) is 0 Å². The van der Waals surface area contributed by atoms with E-state index in [9.17, 15) is 4.79 Å². The molecule has 1 saturated heterocycles. The maximum atomic E-state index is 12.2. The van der Waals surface area contributed by atoms with Crippen LogP contribution in [-0.2, 0) is 13.0 Å². The van der Waals surface area contributed by atoms with Gasteiger partial charge in [0.05, 0.1) is 17.5 Å². The predicted molar refractivity (Wildman–Crippen MR) is 173 cm³/mol. The molecule has 44 heavy (non-hydrogen) atoms. The van der Waals surface area contributed by atoms with Gasteiger partial charge in [-0.25, -0.2) is 9.97 Å². The number of aromatic nitrogens is 3. The lowest BCUT2D eigenvalue weighted by molar-refractivity contribution is -0.0350. The first-order valence-corrected chi connectivity index (χ1v) is 15.5. The van der Waals surface area contributed by atoms with Crippen molar-refractivity contribution in [2.24, 2.45) is 11.1 Å². The van der Waals surface area contributed by atoms with Crippen molar-refractivity contribution >= 4 is 24.1 Å². The molecule has 1 saturated carbocycles. The molecule has 2 fully saturated rings. The van der Waals surface area contributed by atoms with Gasteiger partial charge in [0.2, 0.25) is 0 Å². The number of carbonyl (C=O) groups is 1. The average Bonchev–Trinajstić information content (AvgIpc) is 2.96. The zero-order chi connectivity index (χ0) is 30.0. The van der Waals surface area contributed by atoms with Gasteiger partial charge in [-0.3, -0.25) is 14.7 Å². The fourth-order valence-electron chi connectivity index (χ4n) is 6.81. The topological polar surface area (TPSA) is 119 Å². The number of rotatable bonds is 12. The van der Waals surface area contributed by atoms with Crippen molar-refractivity contribution in [1.29, 1.82) is 0 Å². The summed E-state index contributed by atoms with van der Waals surface area (Å²) in [6, 6.07) is 7.54. The number of nitrogens with one attached hydrogen (secondary N) is 1. The zero-order valence-corrected chi connectivity index (χ0v) is 26.7. The Bertz CT molecular complexity index is 1460. The van der Waals surface area contributed by atoms with E-state index in [4.69, 9.17) is 20.2 Å². The molecule has 3 aliphatic rings. The number of ether oxygens (including phenoxy) is 2. The molecule has 0 atom stereocenters. The van der Waals surface area contributed by atoms with Gasteiger partial charge in [-0.1, -0.05) is 26.0 Å². The van der Waals surface area contributed by atoms with Gasteiger partial charge in [0.1, 0.15) is 23.9 Å². The van der Waals surface area contributed by atoms with Gasteiger partial charge in [-0.15, -0.1) is 12.4 Å². The molecule has 3 aromatic rings. The molecule has 236 valence electrons. The maximum Gasteiger partial charge on any atom is 0.252 e. The summed E-state index contributed by atoms with van der Waals surface area (Å²) in [5.74, 6) is 2.38. The second-order valence-corrected chi connectivity index (χ2v) is 12.6. The van der Waals surface area contributed by atoms with Crippen LogP contribution in [0.25, 0.3) is 0 Å². The number of unbranched alkanes of at least 4 members (excludes halogenated alkanes) is 1. The van der Waals surface area contributed by atoms with E-state index < -0.39 is 5.91 Å². The van der Waals surface area contributed by atoms with Crippen molar-refractivity contribution in [3.8, 4) is 17.2 Å². The summed E-state index contributed by atoms with van der Waals surface area (Å²) in [5, 5.41) is 3.23. The summed E-state index contributed by atoms with van der Waals surface area (Å²) in [7, 11) is 2.01. The molecule has 10 nitrogen and oxygen atoms in total. The predicted octanol–water partition coefficient (Wildman–Crippen LogP) is 4.71. The Morgan fingerprint density at radius 1 is 1.16 bits per heavy atom. The summed E-state index contributed by atoms with van der Waals surface area (Å²) in [4.78, 5) is 30.4. The van der Waals surface area contributed by atoms with E-state index in [1.807, 2.05) is 31.4 Å². The van der Waals surface area contributed by atoms with E-state index in [1.54, 1.807) is 18.6 Å². The molecule has 3 N–H and O–H groups in total. The number of pyridine rings is 1. The Hall–Kier alpha value is -3.47. The van der Waals surface area contributed by atoms with Gasteiger partial charge >= 0.3 is 0 Å². The third-order valence-corrected chi connectivity index (χ3v) is 9.08. The molecule has 0 bridgehead atoms. The molecule has 1 aliphatic carbocycles. The molecule has 4 heterocycles. The van der Waals surface area contributed by atoms with Gasteiger partial charge < -0.3 is 25.4 Å². The SMILES string of the molecule is CNCCCCN1CCc2c(OC3CC4(C3)CN(c3ncncc3Oc3c(C(N)=O)cccc3C(C)C)C4)ccnc2C1.Cl. The number of fused-ring (bicyclic) bond motifs is 1. The highest BCUT2D eigenvalue weighted by molar-refractivity contribution is 5.96. The number of halogens is 1. The Kier molecular flexibility index (Phi) is 9.92. The number of hydrogen-bond acceptors (Lipinski definition) is 9. The highest BCUT2D eigenvalue weighted by Crippen LogP contribution is 2.52. The number of nitrogens with zero attached hydrogens (tertiary/aromatic N) is 5. The lowest BCUT2D eigenvalue weighted by Gasteiger charge is -2.59. The van der Waals surface area contributed by atoms with E-state index in [-0.39, 0.29) is 29.8 Å². The highest BCUT2D eigenvalue weighted by atomic mass is 35.5. The lowest BCUT2D eigenvalue weighted by atomic mass is 9.61. The summed E-state index contributed by atoms with van der Waals surface area (Å²) < 4.78 is 12.9. The van der Waals surface area contributed by atoms with E-state index in [2.05, 4.69) is 38.9 Å². The van der Waals surface area contributed by atoms with Gasteiger partial charge in [0.15, 0.2) is 11.6 Å². The normalized spacial score (nSPS) is 17.4. The molecular weight excluding hydrogens is 578 g/mol. The Labute approximate surface area is 266 Å². The number of para-hydroxylation sites is 1. The highest BCUT2D eigenvalue weighted by Gasteiger charge is 2.54. The van der Waals surface area contributed by atoms with E-state index >= 15 is 0 Å². The minimum absolute atomic E-state index is 0. The summed E-state index contributed by atoms with van der Waals surface area (Å²) in [6.45, 7) is 10.0. The fourth-order valence-corrected chi connectivity index (χ4v) is 6.81. The van der Waals surface area contributed by atoms with E-state index in [0.717, 1.165) is 81.4 Å². The van der Waals surface area contributed by atoms with Gasteiger partial charge in [-0.2, -0.15) is 0 Å². The van der Waals surface area contributed by atoms with Gasteiger partial charge in [-0.05, 0) is 75.9 Å². The quantitative estimate of drug-likeness (QED) is 0.277. The van der Waals surface area contributed by atoms with Gasteiger partial charge in [0, 0.05) is 43.4 Å². The van der Waals surface area contributed by atoms with Crippen LogP contribution >= 0.6 is 12.4 Å². The van der Waals surface area contributed by atoms with E-state index in [0.29, 0.717) is 17.1 Å². The molecule has 11 heteroatoms. The minimum atomic E-state index is -0.521. The van der Waals surface area contributed by atoms with Crippen LogP contribution in [0.1, 0.15) is 72.6 Å². The number of nitrogens with two attached hydrogens (primary N) is 1. The Morgan fingerprint density at radius 3 is 2.73 bits per heavy atom. The summed E-state index contributed by atoms with van der Waals surface area (Å²) in [5.41, 5.74) is 9.63. The summed E-state index contributed by atoms with van der Waals surface area (Å²) in [6.07, 6.45) is 10.7. The Balaban J connectivity index is 0.00000384. The van der Waals surface area contributed by atoms with Crippen LogP contribution in [0.5, 0.6) is 17.2 Å². The maximum absolute atomic E-state index is 12.2. The van der Waals surface area contributed by atoms with Crippen molar-refractivity contribution < 1.29 is 14.3 Å². The molecule has 0 unspecified atom stereocenters. The summed E-state index contributed by atoms with van der Waals surface area (Å²) >= 11 is 0. The van der Waals surface area contributed by atoms with Crippen molar-refractivity contribution in [2.75, 3.05) is 44.7 Å². The number of carbonyl (C=O) groups excluding carboxylic acids is 1. The third-order valence-electron chi connectivity index (χ3n) is 9.08. The third kappa shape index (κ3) is 6.62. The molecule has 1 spiro atoms. The molecular formula is C33H44ClN7O3. The molecule has 1 amide bonds. The van der Waals surface area contributed by atoms with E-state index in [1.165, 1.54) is 18.4 Å². The van der Waals surface area contributed by atoms with Crippen molar-refractivity contribution in [1.82, 2.24) is 25.2 Å². The van der Waals surface area contributed by atoms with Crippen LogP contribution in [0.4, 0.5) is 5.82 Å². The first-order valence-electron chi connectivity index (χ1n) is 15.5. The smallest absolute Gasteiger partial charge is 0.252 e. The van der Waals surface area contributed by atoms with Crippen LogP contribution in [0.15, 0.2) is 43.0 Å². The number of anilines is 1. The Morgan fingerprint density at radius 2 is 1.98 bits per heavy atom. The lowest BCUT2D eigenvalue weighted by Crippen LogP contribution is -2.65. The monoisotopic (exact) mass is 621 g/mol. The molecule has 0 radical (unpaired) electrons. The number of benzene rings is 1. The molecule has 1 aromatic carbocycles. The number of amides is 1. The van der Waals surface area contributed by atoms with Crippen LogP contribution in [0.3, 0.4) is 0 Å². The fraction of sp³-hybridized carbons (Fsp3) is 0.515. The van der Waals surface area contributed by atoms with Crippen LogP contribution < -0.4 is 25.4 Å². The number of hydrogen-bond donors (Lipinski definition) is 2. The van der Waals surface area contributed by atoms with Crippen molar-refractivity contribution in [3.63, 3.8) is 0 Å². The van der Waals surface area contributed by atoms with Crippen LogP contribution in [0, 0.1) is 5.41 Å². The zero-order valence-electron chi connectivity index (χ0n) is 25.9. The largest absolute Gasteiger partial charge is 0.490 e. The average molecular weight is 622 g/mol. The standard InChI is InChI=1S/C33H43N7O3.ClH/c1-22(2)24-7-6-8-26(31(34)41)30(24)43-29-17-36-21-38-32(29)40-19-33(20-40)15-23(16-33)42-28-9-12-37-27-18-39(14-10-25(27)28)13-5-4-11-35-3;/h6-9,12,17,21-23,35H,4-5,10-11,13-16,18-20H2,1-3H3,(H2,34,41);1H. The second kappa shape index (κ2) is 13.7.